The zero-order chi connectivity index (χ0) is 25.8. The lowest BCUT2D eigenvalue weighted by Crippen LogP contribution is -2.41. The molecule has 188 valence electrons. The van der Waals surface area contributed by atoms with E-state index < -0.39 is 6.04 Å². The number of nitrogens with one attached hydrogen (secondary N) is 2. The largest absolute Gasteiger partial charge is 0.467 e. The molecule has 0 fully saturated rings. The number of benzene rings is 2. The second kappa shape index (κ2) is 11.0. The molecule has 2 aromatic carbocycles. The summed E-state index contributed by atoms with van der Waals surface area (Å²) in [5.74, 6) is 0.430. The molecule has 0 saturated heterocycles. The van der Waals surface area contributed by atoms with Gasteiger partial charge in [0.25, 0.3) is 5.91 Å². The lowest BCUT2D eigenvalue weighted by atomic mass is 10.1. The smallest absolute Gasteiger partial charge is 0.259 e. The number of thioether (sulfide) groups is 1. The van der Waals surface area contributed by atoms with E-state index in [4.69, 9.17) is 16.0 Å². The first kappa shape index (κ1) is 24.8. The predicted octanol–water partition coefficient (Wildman–Crippen LogP) is 4.36. The highest BCUT2D eigenvalue weighted by Crippen LogP contribution is 2.34. The molecular weight excluding hydrogens is 514 g/mol. The number of hydrogen-bond acceptors (Lipinski definition) is 7. The molecule has 0 unspecified atom stereocenters. The highest BCUT2D eigenvalue weighted by Gasteiger charge is 2.41. The van der Waals surface area contributed by atoms with Gasteiger partial charge in [0.15, 0.2) is 5.17 Å². The van der Waals surface area contributed by atoms with E-state index in [1.807, 2.05) is 24.3 Å². The van der Waals surface area contributed by atoms with Crippen LogP contribution in [0.4, 0.5) is 11.4 Å². The minimum Gasteiger partial charge on any atom is -0.467 e. The van der Waals surface area contributed by atoms with Crippen LogP contribution in [0.2, 0.25) is 5.02 Å². The summed E-state index contributed by atoms with van der Waals surface area (Å²) in [4.78, 5) is 49.0. The molecule has 3 amide bonds. The van der Waals surface area contributed by atoms with Crippen LogP contribution >= 0.6 is 23.4 Å². The molecule has 0 saturated carbocycles. The number of carbonyl (C=O) groups is 3. The minimum atomic E-state index is -0.721. The van der Waals surface area contributed by atoms with Gasteiger partial charge in [-0.3, -0.25) is 19.4 Å². The van der Waals surface area contributed by atoms with Crippen LogP contribution in [0.5, 0.6) is 0 Å². The SMILES string of the molecule is O=C(CC[C@@H]1N=C2c3ccccc3N=C(SCC(=O)Nc3cccc(Cl)c3)N2C1=O)NCc1ccco1. The molecule has 0 spiro atoms. The lowest BCUT2D eigenvalue weighted by Gasteiger charge is -2.25. The van der Waals surface area contributed by atoms with Crippen LogP contribution < -0.4 is 10.6 Å². The molecule has 2 aliphatic rings. The molecular formula is C26H22ClN5O4S. The Morgan fingerprint density at radius 1 is 1.08 bits per heavy atom. The van der Waals surface area contributed by atoms with Gasteiger partial charge in [0.05, 0.1) is 24.2 Å². The number of anilines is 1. The molecule has 2 N–H and O–H groups in total. The number of fused-ring (bicyclic) bond motifs is 3. The van der Waals surface area contributed by atoms with Gasteiger partial charge in [-0.15, -0.1) is 0 Å². The zero-order valence-corrected chi connectivity index (χ0v) is 21.1. The molecule has 5 rings (SSSR count). The maximum absolute atomic E-state index is 13.3. The van der Waals surface area contributed by atoms with E-state index in [-0.39, 0.29) is 42.9 Å². The summed E-state index contributed by atoms with van der Waals surface area (Å²) in [6.07, 6.45) is 1.92. The van der Waals surface area contributed by atoms with Crippen LogP contribution in [0.1, 0.15) is 24.2 Å². The summed E-state index contributed by atoms with van der Waals surface area (Å²) in [7, 11) is 0. The van der Waals surface area contributed by atoms with E-state index in [0.29, 0.717) is 33.2 Å². The van der Waals surface area contributed by atoms with Crippen molar-refractivity contribution in [2.24, 2.45) is 9.98 Å². The number of amidine groups is 2. The molecule has 2 aliphatic heterocycles. The standard InChI is InChI=1S/C26H22ClN5O4S/c27-16-5-3-6-17(13-16)29-23(34)15-37-26-31-20-9-2-1-8-19(20)24-30-21(25(35)32(24)26)10-11-22(33)28-14-18-7-4-12-36-18/h1-9,12-13,21H,10-11,14-15H2,(H,28,33)(H,29,34)/t21-/m0/s1. The first-order valence-electron chi connectivity index (χ1n) is 11.5. The first-order valence-corrected chi connectivity index (χ1v) is 12.9. The average molecular weight is 536 g/mol. The molecule has 1 atom stereocenters. The minimum absolute atomic E-state index is 0.0322. The van der Waals surface area contributed by atoms with Crippen molar-refractivity contribution in [1.82, 2.24) is 10.2 Å². The monoisotopic (exact) mass is 535 g/mol. The van der Waals surface area contributed by atoms with Crippen molar-refractivity contribution in [3.63, 3.8) is 0 Å². The molecule has 11 heteroatoms. The van der Waals surface area contributed by atoms with Crippen molar-refractivity contribution in [3.05, 3.63) is 83.3 Å². The number of carbonyl (C=O) groups excluding carboxylic acids is 3. The highest BCUT2D eigenvalue weighted by molar-refractivity contribution is 8.14. The first-order chi connectivity index (χ1) is 18.0. The molecule has 0 bridgehead atoms. The van der Waals surface area contributed by atoms with Crippen LogP contribution in [-0.2, 0) is 20.9 Å². The van der Waals surface area contributed by atoms with Crippen molar-refractivity contribution < 1.29 is 18.8 Å². The van der Waals surface area contributed by atoms with Crippen LogP contribution in [-0.4, -0.2) is 45.4 Å². The van der Waals surface area contributed by atoms with Crippen molar-refractivity contribution in [2.75, 3.05) is 11.1 Å². The van der Waals surface area contributed by atoms with Gasteiger partial charge in [0, 0.05) is 22.7 Å². The lowest BCUT2D eigenvalue weighted by molar-refractivity contribution is -0.125. The predicted molar refractivity (Wildman–Crippen MR) is 143 cm³/mol. The van der Waals surface area contributed by atoms with E-state index in [2.05, 4.69) is 20.6 Å². The van der Waals surface area contributed by atoms with E-state index in [1.54, 1.807) is 42.7 Å². The van der Waals surface area contributed by atoms with Gasteiger partial charge in [-0.2, -0.15) is 0 Å². The Kier molecular flexibility index (Phi) is 7.38. The molecule has 0 radical (unpaired) electrons. The van der Waals surface area contributed by atoms with Crippen LogP contribution in [0.25, 0.3) is 0 Å². The summed E-state index contributed by atoms with van der Waals surface area (Å²) in [5.41, 5.74) is 1.98. The van der Waals surface area contributed by atoms with Gasteiger partial charge in [-0.25, -0.2) is 9.89 Å². The Hall–Kier alpha value is -3.89. The van der Waals surface area contributed by atoms with Gasteiger partial charge in [0.2, 0.25) is 11.8 Å². The number of para-hydroxylation sites is 1. The molecule has 0 aliphatic carbocycles. The number of rotatable bonds is 8. The number of aliphatic imine (C=N–C) groups is 2. The molecule has 1 aromatic heterocycles. The molecule has 3 heterocycles. The van der Waals surface area contributed by atoms with Crippen molar-refractivity contribution in [2.45, 2.75) is 25.4 Å². The maximum atomic E-state index is 13.3. The second-order valence-corrected chi connectivity index (χ2v) is 9.67. The number of nitrogens with zero attached hydrogens (tertiary/aromatic N) is 3. The summed E-state index contributed by atoms with van der Waals surface area (Å²) in [5, 5.41) is 6.46. The maximum Gasteiger partial charge on any atom is 0.259 e. The van der Waals surface area contributed by atoms with Gasteiger partial charge in [-0.05, 0) is 48.9 Å². The fourth-order valence-electron chi connectivity index (χ4n) is 3.94. The quantitative estimate of drug-likeness (QED) is 0.444. The van der Waals surface area contributed by atoms with Gasteiger partial charge >= 0.3 is 0 Å². The van der Waals surface area contributed by atoms with E-state index in [0.717, 1.165) is 17.3 Å². The van der Waals surface area contributed by atoms with Gasteiger partial charge in [0.1, 0.15) is 17.6 Å². The normalized spacial score (nSPS) is 16.0. The fraction of sp³-hybridized carbons (Fsp3) is 0.192. The zero-order valence-electron chi connectivity index (χ0n) is 19.5. The third-order valence-electron chi connectivity index (χ3n) is 5.67. The number of amides is 3. The van der Waals surface area contributed by atoms with Gasteiger partial charge in [-0.1, -0.05) is 41.6 Å². The molecule has 37 heavy (non-hydrogen) atoms. The average Bonchev–Trinajstić information content (AvgIpc) is 3.53. The summed E-state index contributed by atoms with van der Waals surface area (Å²) in [6, 6.07) is 17.1. The van der Waals surface area contributed by atoms with Crippen LogP contribution in [0.3, 0.4) is 0 Å². The molecule has 3 aromatic rings. The van der Waals surface area contributed by atoms with E-state index in [1.165, 1.54) is 4.90 Å². The Morgan fingerprint density at radius 3 is 2.76 bits per heavy atom. The highest BCUT2D eigenvalue weighted by atomic mass is 35.5. The number of halogens is 1. The Morgan fingerprint density at radius 2 is 1.95 bits per heavy atom. The van der Waals surface area contributed by atoms with Crippen molar-refractivity contribution in [1.29, 1.82) is 0 Å². The van der Waals surface area contributed by atoms with Crippen LogP contribution in [0.15, 0.2) is 81.3 Å². The number of hydrogen-bond donors (Lipinski definition) is 2. The van der Waals surface area contributed by atoms with Crippen LogP contribution in [0, 0.1) is 0 Å². The summed E-state index contributed by atoms with van der Waals surface area (Å²) < 4.78 is 5.22. The summed E-state index contributed by atoms with van der Waals surface area (Å²) >= 11 is 7.13. The molecule has 9 nitrogen and oxygen atoms in total. The fourth-order valence-corrected chi connectivity index (χ4v) is 4.93. The Labute approximate surface area is 222 Å². The Bertz CT molecular complexity index is 1410. The van der Waals surface area contributed by atoms with Crippen molar-refractivity contribution >= 4 is 63.5 Å². The van der Waals surface area contributed by atoms with Crippen molar-refractivity contribution in [3.8, 4) is 0 Å². The second-order valence-electron chi connectivity index (χ2n) is 8.30. The summed E-state index contributed by atoms with van der Waals surface area (Å²) in [6.45, 7) is 0.281. The Balaban J connectivity index is 1.25. The number of furan rings is 1. The third-order valence-corrected chi connectivity index (χ3v) is 6.85. The van der Waals surface area contributed by atoms with Gasteiger partial charge < -0.3 is 15.1 Å². The third kappa shape index (κ3) is 5.76. The van der Waals surface area contributed by atoms with E-state index in [9.17, 15) is 14.4 Å². The van der Waals surface area contributed by atoms with E-state index >= 15 is 0 Å². The topological polar surface area (TPSA) is 116 Å².